The van der Waals surface area contributed by atoms with Gasteiger partial charge in [0.1, 0.15) is 11.5 Å². The number of aryl methyl sites for hydroxylation is 1. The number of aliphatic imine (C=N–C) groups is 1. The molecule has 4 nitrogen and oxygen atoms in total. The van der Waals surface area contributed by atoms with E-state index >= 15 is 0 Å². The molecule has 4 heteroatoms. The zero-order valence-corrected chi connectivity index (χ0v) is 12.4. The number of para-hydroxylation sites is 1. The summed E-state index contributed by atoms with van der Waals surface area (Å²) in [5, 5.41) is 0. The maximum atomic E-state index is 12.1. The lowest BCUT2D eigenvalue weighted by Crippen LogP contribution is -2.08. The molecule has 0 spiro atoms. The van der Waals surface area contributed by atoms with Gasteiger partial charge in [0.15, 0.2) is 0 Å². The van der Waals surface area contributed by atoms with Gasteiger partial charge >= 0.3 is 5.97 Å². The van der Waals surface area contributed by atoms with Gasteiger partial charge < -0.3 is 9.53 Å². The maximum absolute atomic E-state index is 12.1. The third kappa shape index (κ3) is 4.12. The van der Waals surface area contributed by atoms with Gasteiger partial charge in [-0.15, -0.1) is 0 Å². The van der Waals surface area contributed by atoms with E-state index in [1.165, 1.54) is 0 Å². The number of rotatable bonds is 6. The smallest absolute Gasteiger partial charge is 0.345 e. The molecule has 2 aromatic carbocycles. The standard InChI is InChI=1S/C18H17NO3/c1-13(20)7-8-14-9-11-15(12-10-14)22-18(21)16-5-3-4-6-17(16)19-2/h3-6,9-12H,2,7-8H2,1H3. The van der Waals surface area contributed by atoms with Crippen molar-refractivity contribution in [1.29, 1.82) is 0 Å². The maximum Gasteiger partial charge on any atom is 0.345 e. The third-order valence-corrected chi connectivity index (χ3v) is 3.19. The molecule has 0 fully saturated rings. The predicted octanol–water partition coefficient (Wildman–Crippen LogP) is 3.76. The van der Waals surface area contributed by atoms with Crippen LogP contribution < -0.4 is 4.74 Å². The highest BCUT2D eigenvalue weighted by Gasteiger charge is 2.12. The van der Waals surface area contributed by atoms with E-state index in [1.54, 1.807) is 43.3 Å². The van der Waals surface area contributed by atoms with Gasteiger partial charge in [-0.25, -0.2) is 4.79 Å². The molecule has 0 aliphatic heterocycles. The van der Waals surface area contributed by atoms with Crippen molar-refractivity contribution in [3.05, 3.63) is 59.7 Å². The van der Waals surface area contributed by atoms with Crippen LogP contribution >= 0.6 is 0 Å². The van der Waals surface area contributed by atoms with Crippen LogP contribution in [0.3, 0.4) is 0 Å². The number of Topliss-reactive ketones (excluding diaryl/α,β-unsaturated/α-hetero) is 1. The molecular weight excluding hydrogens is 278 g/mol. The summed E-state index contributed by atoms with van der Waals surface area (Å²) in [5.41, 5.74) is 1.90. The Morgan fingerprint density at radius 3 is 2.41 bits per heavy atom. The summed E-state index contributed by atoms with van der Waals surface area (Å²) in [6, 6.07) is 14.0. The second-order valence-electron chi connectivity index (χ2n) is 4.91. The first-order valence-corrected chi connectivity index (χ1v) is 6.96. The number of carbonyl (C=O) groups excluding carboxylic acids is 2. The molecule has 0 atom stereocenters. The van der Waals surface area contributed by atoms with Gasteiger partial charge in [-0.2, -0.15) is 0 Å². The molecular formula is C18H17NO3. The Hall–Kier alpha value is -2.75. The lowest BCUT2D eigenvalue weighted by molar-refractivity contribution is -0.116. The van der Waals surface area contributed by atoms with E-state index in [0.717, 1.165) is 5.56 Å². The minimum absolute atomic E-state index is 0.157. The average molecular weight is 295 g/mol. The van der Waals surface area contributed by atoms with Crippen molar-refractivity contribution >= 4 is 24.2 Å². The van der Waals surface area contributed by atoms with Crippen LogP contribution in [0.4, 0.5) is 5.69 Å². The van der Waals surface area contributed by atoms with Gasteiger partial charge in [-0.1, -0.05) is 24.3 Å². The van der Waals surface area contributed by atoms with Crippen LogP contribution in [0, 0.1) is 0 Å². The molecule has 0 saturated carbocycles. The second-order valence-corrected chi connectivity index (χ2v) is 4.91. The highest BCUT2D eigenvalue weighted by atomic mass is 16.5. The Morgan fingerprint density at radius 2 is 1.77 bits per heavy atom. The summed E-state index contributed by atoms with van der Waals surface area (Å²) in [4.78, 5) is 26.9. The summed E-state index contributed by atoms with van der Waals surface area (Å²) >= 11 is 0. The predicted molar refractivity (Wildman–Crippen MR) is 86.1 cm³/mol. The quantitative estimate of drug-likeness (QED) is 0.463. The van der Waals surface area contributed by atoms with E-state index in [9.17, 15) is 9.59 Å². The fourth-order valence-corrected chi connectivity index (χ4v) is 1.99. The second kappa shape index (κ2) is 7.31. The number of esters is 1. The first-order chi connectivity index (χ1) is 10.6. The highest BCUT2D eigenvalue weighted by molar-refractivity contribution is 5.96. The molecule has 2 aromatic rings. The largest absolute Gasteiger partial charge is 0.423 e. The number of nitrogens with zero attached hydrogens (tertiary/aromatic N) is 1. The number of hydrogen-bond donors (Lipinski definition) is 0. The van der Waals surface area contributed by atoms with Gasteiger partial charge in [0.2, 0.25) is 0 Å². The van der Waals surface area contributed by atoms with Crippen LogP contribution in [0.2, 0.25) is 0 Å². The van der Waals surface area contributed by atoms with Crippen LogP contribution in [0.1, 0.15) is 29.3 Å². The minimum Gasteiger partial charge on any atom is -0.423 e. The van der Waals surface area contributed by atoms with E-state index < -0.39 is 5.97 Å². The Bertz CT molecular complexity index is 690. The number of benzene rings is 2. The fourth-order valence-electron chi connectivity index (χ4n) is 1.99. The number of ether oxygens (including phenoxy) is 1. The molecule has 112 valence electrons. The van der Waals surface area contributed by atoms with Crippen LogP contribution in [-0.4, -0.2) is 18.5 Å². The van der Waals surface area contributed by atoms with E-state index in [4.69, 9.17) is 4.74 Å². The highest BCUT2D eigenvalue weighted by Crippen LogP contribution is 2.21. The van der Waals surface area contributed by atoms with Crippen molar-refractivity contribution in [2.24, 2.45) is 4.99 Å². The fraction of sp³-hybridized carbons (Fsp3) is 0.167. The Kier molecular flexibility index (Phi) is 5.20. The molecule has 0 heterocycles. The van der Waals surface area contributed by atoms with Crippen LogP contribution in [0.5, 0.6) is 5.75 Å². The minimum atomic E-state index is -0.473. The van der Waals surface area contributed by atoms with Crippen molar-refractivity contribution in [1.82, 2.24) is 0 Å². The summed E-state index contributed by atoms with van der Waals surface area (Å²) in [6.45, 7) is 5.01. The lowest BCUT2D eigenvalue weighted by Gasteiger charge is -2.07. The van der Waals surface area contributed by atoms with E-state index in [2.05, 4.69) is 11.7 Å². The van der Waals surface area contributed by atoms with E-state index in [0.29, 0.717) is 29.8 Å². The summed E-state index contributed by atoms with van der Waals surface area (Å²) < 4.78 is 5.33. The normalized spacial score (nSPS) is 10.0. The van der Waals surface area contributed by atoms with Gasteiger partial charge in [-0.05, 0) is 49.9 Å². The lowest BCUT2D eigenvalue weighted by atomic mass is 10.1. The first kappa shape index (κ1) is 15.6. The van der Waals surface area contributed by atoms with E-state index in [1.807, 2.05) is 12.1 Å². The van der Waals surface area contributed by atoms with Gasteiger partial charge in [0.05, 0.1) is 11.3 Å². The molecule has 22 heavy (non-hydrogen) atoms. The number of ketones is 1. The van der Waals surface area contributed by atoms with Crippen molar-refractivity contribution < 1.29 is 14.3 Å². The summed E-state index contributed by atoms with van der Waals surface area (Å²) in [7, 11) is 0. The van der Waals surface area contributed by atoms with Crippen molar-refractivity contribution in [3.8, 4) is 5.75 Å². The van der Waals surface area contributed by atoms with Crippen LogP contribution in [-0.2, 0) is 11.2 Å². The number of hydrogen-bond acceptors (Lipinski definition) is 4. The Labute approximate surface area is 129 Å². The molecule has 0 saturated heterocycles. The molecule has 0 radical (unpaired) electrons. The van der Waals surface area contributed by atoms with Gasteiger partial charge in [0.25, 0.3) is 0 Å². The van der Waals surface area contributed by atoms with Crippen molar-refractivity contribution in [3.63, 3.8) is 0 Å². The molecule has 2 rings (SSSR count). The first-order valence-electron chi connectivity index (χ1n) is 6.96. The van der Waals surface area contributed by atoms with Gasteiger partial charge in [0, 0.05) is 6.42 Å². The summed E-state index contributed by atoms with van der Waals surface area (Å²) in [5.74, 6) is 0.138. The van der Waals surface area contributed by atoms with Crippen molar-refractivity contribution in [2.75, 3.05) is 0 Å². The monoisotopic (exact) mass is 295 g/mol. The zero-order chi connectivity index (χ0) is 15.9. The summed E-state index contributed by atoms with van der Waals surface area (Å²) in [6.07, 6.45) is 1.20. The zero-order valence-electron chi connectivity index (χ0n) is 12.4. The molecule has 0 unspecified atom stereocenters. The van der Waals surface area contributed by atoms with Crippen molar-refractivity contribution in [2.45, 2.75) is 19.8 Å². The molecule has 0 N–H and O–H groups in total. The topological polar surface area (TPSA) is 55.7 Å². The third-order valence-electron chi connectivity index (χ3n) is 3.19. The van der Waals surface area contributed by atoms with E-state index in [-0.39, 0.29) is 5.78 Å². The SMILES string of the molecule is C=Nc1ccccc1C(=O)Oc1ccc(CCC(C)=O)cc1. The Morgan fingerprint density at radius 1 is 1.09 bits per heavy atom. The van der Waals surface area contributed by atoms with Gasteiger partial charge in [-0.3, -0.25) is 4.99 Å². The molecule has 0 aromatic heterocycles. The van der Waals surface area contributed by atoms with Crippen LogP contribution in [0.15, 0.2) is 53.5 Å². The Balaban J connectivity index is 2.05. The molecule has 0 aliphatic carbocycles. The average Bonchev–Trinajstić information content (AvgIpc) is 2.54. The molecule has 0 aliphatic rings. The number of carbonyl (C=O) groups is 2. The van der Waals surface area contributed by atoms with Crippen LogP contribution in [0.25, 0.3) is 0 Å². The molecule has 0 bridgehead atoms. The molecule has 0 amide bonds.